The smallest absolute Gasteiger partial charge is 0.252 e. The van der Waals surface area contributed by atoms with Gasteiger partial charge in [0.2, 0.25) is 0 Å². The Kier molecular flexibility index (Phi) is 9.14. The highest BCUT2D eigenvalue weighted by atomic mass is 16.3. The molecule has 2 unspecified atom stereocenters. The second-order valence-electron chi connectivity index (χ2n) is 24.3. The summed E-state index contributed by atoms with van der Waals surface area (Å²) in [7, 11) is 0. The van der Waals surface area contributed by atoms with Crippen molar-refractivity contribution in [2.24, 2.45) is 0 Å². The summed E-state index contributed by atoms with van der Waals surface area (Å²) >= 11 is 0. The quantitative estimate of drug-likeness (QED) is 0.165. The molecule has 1 fully saturated rings. The maximum Gasteiger partial charge on any atom is 0.252 e. The molecule has 8 aromatic rings. The minimum Gasteiger partial charge on any atom is -0.456 e. The highest BCUT2D eigenvalue weighted by Crippen LogP contribution is 2.61. The molecular formula is C63H66BN3O. The molecule has 1 aromatic heterocycles. The average Bonchev–Trinajstić information content (AvgIpc) is 3.76. The van der Waals surface area contributed by atoms with E-state index in [-0.39, 0.29) is 33.9 Å². The molecule has 68 heavy (non-hydrogen) atoms. The van der Waals surface area contributed by atoms with Crippen molar-refractivity contribution in [3.05, 3.63) is 161 Å². The third-order valence-electron chi connectivity index (χ3n) is 16.9. The molecule has 4 aliphatic rings. The molecule has 0 saturated heterocycles. The van der Waals surface area contributed by atoms with Crippen LogP contribution < -0.4 is 31.1 Å². The zero-order valence-electron chi connectivity index (χ0n) is 42.4. The second-order valence-corrected chi connectivity index (χ2v) is 24.3. The third-order valence-corrected chi connectivity index (χ3v) is 16.9. The van der Waals surface area contributed by atoms with E-state index in [1.165, 1.54) is 103 Å². The minimum absolute atomic E-state index is 0.0116. The Balaban J connectivity index is 1.13. The largest absolute Gasteiger partial charge is 0.456 e. The first-order valence-corrected chi connectivity index (χ1v) is 25.2. The Morgan fingerprint density at radius 2 is 1.07 bits per heavy atom. The average molecular weight is 892 g/mol. The van der Waals surface area contributed by atoms with Crippen molar-refractivity contribution in [1.82, 2.24) is 0 Å². The Hall–Kier alpha value is -6.20. The van der Waals surface area contributed by atoms with Gasteiger partial charge in [-0.05, 0) is 160 Å². The molecule has 0 bridgehead atoms. The maximum absolute atomic E-state index is 6.40. The van der Waals surface area contributed by atoms with E-state index in [4.69, 9.17) is 4.42 Å². The SMILES string of the molecule is Cc1cc2c3c(c1)N(c1ccc(C(C)(C)C)cc1)c1cc(N4c5ccc(C(C)(C)C)cc5C5(C)CCCCC45C)ccc1B3c1cc(C(C)(C)C)ccc1N2c1ccc2oc3ccccc3c2c1. The predicted molar refractivity (Wildman–Crippen MR) is 291 cm³/mol. The number of anilines is 8. The van der Waals surface area contributed by atoms with Crippen molar-refractivity contribution in [2.75, 3.05) is 14.7 Å². The number of hydrogen-bond donors (Lipinski definition) is 0. The molecule has 3 aliphatic heterocycles. The Morgan fingerprint density at radius 3 is 1.78 bits per heavy atom. The van der Waals surface area contributed by atoms with E-state index < -0.39 is 0 Å². The van der Waals surface area contributed by atoms with E-state index >= 15 is 0 Å². The van der Waals surface area contributed by atoms with E-state index in [0.717, 1.165) is 34.0 Å². The fourth-order valence-electron chi connectivity index (χ4n) is 12.9. The molecule has 0 N–H and O–H groups in total. The van der Waals surface area contributed by atoms with Crippen LogP contribution in [0.4, 0.5) is 45.5 Å². The van der Waals surface area contributed by atoms with E-state index in [2.05, 4.69) is 231 Å². The normalized spacial score (nSPS) is 19.8. The lowest BCUT2D eigenvalue weighted by atomic mass is 9.33. The van der Waals surface area contributed by atoms with E-state index in [0.29, 0.717) is 0 Å². The first-order chi connectivity index (χ1) is 32.2. The number of furan rings is 1. The summed E-state index contributed by atoms with van der Waals surface area (Å²) in [5.74, 6) is 0. The zero-order chi connectivity index (χ0) is 47.4. The molecule has 0 radical (unpaired) electrons. The minimum atomic E-state index is -0.0746. The molecule has 1 saturated carbocycles. The fraction of sp³-hybridized carbons (Fsp3) is 0.333. The molecule has 2 atom stereocenters. The summed E-state index contributed by atoms with van der Waals surface area (Å²) in [5, 5.41) is 2.27. The van der Waals surface area contributed by atoms with Crippen LogP contribution in [0.2, 0.25) is 0 Å². The van der Waals surface area contributed by atoms with Crippen LogP contribution in [0, 0.1) is 6.92 Å². The van der Waals surface area contributed by atoms with E-state index in [1.54, 1.807) is 0 Å². The van der Waals surface area contributed by atoms with Crippen molar-refractivity contribution in [3.63, 3.8) is 0 Å². The van der Waals surface area contributed by atoms with Crippen LogP contribution in [0.1, 0.15) is 130 Å². The Labute approximate surface area is 405 Å². The summed E-state index contributed by atoms with van der Waals surface area (Å²) in [6.45, 7) is 28.5. The van der Waals surface area contributed by atoms with Gasteiger partial charge in [-0.15, -0.1) is 0 Å². The molecular weight excluding hydrogens is 826 g/mol. The van der Waals surface area contributed by atoms with Crippen LogP contribution in [0.5, 0.6) is 0 Å². The van der Waals surface area contributed by atoms with Crippen molar-refractivity contribution in [2.45, 2.75) is 136 Å². The lowest BCUT2D eigenvalue weighted by molar-refractivity contribution is 0.195. The molecule has 0 spiro atoms. The number of fused-ring (bicyclic) bond motifs is 10. The Morgan fingerprint density at radius 1 is 0.485 bits per heavy atom. The van der Waals surface area contributed by atoms with Crippen LogP contribution in [0.3, 0.4) is 0 Å². The third kappa shape index (κ3) is 6.19. The molecule has 5 heteroatoms. The predicted octanol–water partition coefficient (Wildman–Crippen LogP) is 15.6. The van der Waals surface area contributed by atoms with Gasteiger partial charge in [-0.1, -0.05) is 143 Å². The molecule has 12 rings (SSSR count). The van der Waals surface area contributed by atoms with Crippen molar-refractivity contribution >= 4 is 90.5 Å². The molecule has 4 nitrogen and oxygen atoms in total. The monoisotopic (exact) mass is 892 g/mol. The van der Waals surface area contributed by atoms with Crippen LogP contribution >= 0.6 is 0 Å². The number of rotatable bonds is 3. The Bertz CT molecular complexity index is 3380. The molecule has 1 aliphatic carbocycles. The van der Waals surface area contributed by atoms with Gasteiger partial charge < -0.3 is 19.1 Å². The van der Waals surface area contributed by atoms with Gasteiger partial charge in [0.15, 0.2) is 0 Å². The number of benzene rings is 7. The van der Waals surface area contributed by atoms with Gasteiger partial charge in [0, 0.05) is 61.7 Å². The first kappa shape index (κ1) is 43.1. The number of nitrogens with zero attached hydrogens (tertiary/aromatic N) is 3. The number of para-hydroxylation sites is 1. The lowest BCUT2D eigenvalue weighted by Crippen LogP contribution is -2.61. The summed E-state index contributed by atoms with van der Waals surface area (Å²) in [6, 6.07) is 51.8. The lowest BCUT2D eigenvalue weighted by Gasteiger charge is -2.50. The maximum atomic E-state index is 6.40. The topological polar surface area (TPSA) is 22.9 Å². The van der Waals surface area contributed by atoms with Crippen molar-refractivity contribution in [1.29, 1.82) is 0 Å². The first-order valence-electron chi connectivity index (χ1n) is 25.2. The number of hydrogen-bond acceptors (Lipinski definition) is 4. The highest BCUT2D eigenvalue weighted by Gasteiger charge is 2.58. The van der Waals surface area contributed by atoms with Gasteiger partial charge in [-0.25, -0.2) is 0 Å². The fourth-order valence-corrected chi connectivity index (χ4v) is 12.9. The standard InChI is InChI=1S/C63H66BN3O/c1-39-33-54-58-55(34-39)66(44-26-30-57-47(37-44)46-17-13-14-18-56(46)68-57)52-29-22-42(61(8,9)10)36-50(52)64(58)49-27-25-45(38-53(49)65(54)43-23-19-40(20-24-43)59(2,3)4)67-51-28-21-41(60(5,6)7)35-48(51)62(11)31-15-16-32-63(62,67)12/h13-14,17-30,33-38H,15-16,31-32H2,1-12H3. The van der Waals surface area contributed by atoms with E-state index in [1.807, 2.05) is 0 Å². The summed E-state index contributed by atoms with van der Waals surface area (Å²) < 4.78 is 6.40. The van der Waals surface area contributed by atoms with Gasteiger partial charge in [0.25, 0.3) is 6.71 Å². The van der Waals surface area contributed by atoms with Gasteiger partial charge >= 0.3 is 0 Å². The summed E-state index contributed by atoms with van der Waals surface area (Å²) in [6.07, 6.45) is 4.86. The van der Waals surface area contributed by atoms with Crippen molar-refractivity contribution in [3.8, 4) is 0 Å². The molecule has 342 valence electrons. The van der Waals surface area contributed by atoms with Crippen LogP contribution in [0.15, 0.2) is 138 Å². The van der Waals surface area contributed by atoms with Gasteiger partial charge in [0.1, 0.15) is 11.2 Å². The van der Waals surface area contributed by atoms with Gasteiger partial charge in [-0.2, -0.15) is 0 Å². The van der Waals surface area contributed by atoms with Crippen LogP contribution in [0.25, 0.3) is 21.9 Å². The summed E-state index contributed by atoms with van der Waals surface area (Å²) in [4.78, 5) is 7.93. The molecule has 4 heterocycles. The van der Waals surface area contributed by atoms with Crippen LogP contribution in [-0.2, 0) is 21.7 Å². The van der Waals surface area contributed by atoms with E-state index in [9.17, 15) is 0 Å². The second kappa shape index (κ2) is 14.4. The van der Waals surface area contributed by atoms with Crippen molar-refractivity contribution < 1.29 is 4.42 Å². The van der Waals surface area contributed by atoms with Gasteiger partial charge in [0.05, 0.1) is 5.54 Å². The molecule has 7 aromatic carbocycles. The highest BCUT2D eigenvalue weighted by molar-refractivity contribution is 7.00. The summed E-state index contributed by atoms with van der Waals surface area (Å²) in [5.41, 5.74) is 22.6. The number of aryl methyl sites for hydroxylation is 1. The van der Waals surface area contributed by atoms with Gasteiger partial charge in [-0.3, -0.25) is 0 Å². The molecule has 0 amide bonds. The van der Waals surface area contributed by atoms with Crippen LogP contribution in [-0.4, -0.2) is 12.3 Å². The zero-order valence-corrected chi connectivity index (χ0v) is 42.4.